The third-order valence-corrected chi connectivity index (χ3v) is 3.02. The van der Waals surface area contributed by atoms with Gasteiger partial charge in [0.05, 0.1) is 18.7 Å². The zero-order chi connectivity index (χ0) is 16.1. The average molecular weight is 301 g/mol. The van der Waals surface area contributed by atoms with E-state index in [9.17, 15) is 14.9 Å². The van der Waals surface area contributed by atoms with Crippen LogP contribution in [0, 0.1) is 24.0 Å². The smallest absolute Gasteiger partial charge is 0.400 e. The van der Waals surface area contributed by atoms with Gasteiger partial charge in [0, 0.05) is 0 Å². The van der Waals surface area contributed by atoms with Gasteiger partial charge in [0.15, 0.2) is 5.76 Å². The number of aryl methyl sites for hydroxylation is 2. The van der Waals surface area contributed by atoms with Crippen molar-refractivity contribution >= 4 is 18.0 Å². The van der Waals surface area contributed by atoms with Crippen molar-refractivity contribution in [1.82, 2.24) is 5.43 Å². The van der Waals surface area contributed by atoms with E-state index in [4.69, 9.17) is 4.42 Å². The molecule has 2 rings (SSSR count). The maximum atomic E-state index is 11.8. The van der Waals surface area contributed by atoms with E-state index >= 15 is 0 Å². The van der Waals surface area contributed by atoms with Crippen LogP contribution < -0.4 is 5.43 Å². The highest BCUT2D eigenvalue weighted by Crippen LogP contribution is 2.14. The zero-order valence-corrected chi connectivity index (χ0v) is 12.2. The lowest BCUT2D eigenvalue weighted by molar-refractivity contribution is -0.402. The predicted octanol–water partition coefficient (Wildman–Crippen LogP) is 2.50. The lowest BCUT2D eigenvalue weighted by Crippen LogP contribution is -2.20. The Kier molecular flexibility index (Phi) is 4.67. The number of nitro groups is 1. The monoisotopic (exact) mass is 301 g/mol. The summed E-state index contributed by atoms with van der Waals surface area (Å²) in [6.45, 7) is 3.94. The molecule has 1 N–H and O–H groups in total. The fourth-order valence-corrected chi connectivity index (χ4v) is 1.93. The first-order valence-corrected chi connectivity index (χ1v) is 6.58. The minimum atomic E-state index is -0.643. The van der Waals surface area contributed by atoms with Crippen molar-refractivity contribution in [2.75, 3.05) is 0 Å². The molecule has 0 saturated heterocycles. The maximum absolute atomic E-state index is 11.8. The summed E-state index contributed by atoms with van der Waals surface area (Å²) in [5, 5.41) is 14.2. The van der Waals surface area contributed by atoms with Gasteiger partial charge < -0.3 is 4.42 Å². The molecule has 0 bridgehead atoms. The standard InChI is InChI=1S/C15H15N3O4/c1-10-3-4-12(11(2)7-10)8-14(19)17-16-9-13-5-6-15(22-13)18(20)21/h3-7,9H,8H2,1-2H3,(H,17,19)/b16-9+. The second-order valence-electron chi connectivity index (χ2n) is 4.83. The Balaban J connectivity index is 1.91. The average Bonchev–Trinajstić information content (AvgIpc) is 2.91. The van der Waals surface area contributed by atoms with Gasteiger partial charge >= 0.3 is 5.88 Å². The third-order valence-electron chi connectivity index (χ3n) is 3.02. The molecule has 0 saturated carbocycles. The van der Waals surface area contributed by atoms with E-state index in [-0.39, 0.29) is 24.0 Å². The van der Waals surface area contributed by atoms with Crippen molar-refractivity contribution in [2.24, 2.45) is 5.10 Å². The molecule has 22 heavy (non-hydrogen) atoms. The Hall–Kier alpha value is -2.96. The number of carbonyl (C=O) groups is 1. The molecule has 0 aliphatic rings. The molecule has 1 heterocycles. The first kappa shape index (κ1) is 15.4. The first-order chi connectivity index (χ1) is 10.5. The molecule has 0 unspecified atom stereocenters. The molecule has 1 aromatic heterocycles. The molecule has 7 nitrogen and oxygen atoms in total. The highest BCUT2D eigenvalue weighted by molar-refractivity contribution is 5.82. The molecule has 0 aliphatic carbocycles. The Morgan fingerprint density at radius 1 is 1.36 bits per heavy atom. The van der Waals surface area contributed by atoms with E-state index in [1.165, 1.54) is 18.3 Å². The topological polar surface area (TPSA) is 97.7 Å². The highest BCUT2D eigenvalue weighted by Gasteiger charge is 2.10. The summed E-state index contributed by atoms with van der Waals surface area (Å²) in [5.74, 6) is -0.453. The summed E-state index contributed by atoms with van der Waals surface area (Å²) < 4.78 is 4.88. The van der Waals surface area contributed by atoms with Crippen molar-refractivity contribution in [2.45, 2.75) is 20.3 Å². The fraction of sp³-hybridized carbons (Fsp3) is 0.200. The van der Waals surface area contributed by atoms with E-state index in [1.807, 2.05) is 32.0 Å². The van der Waals surface area contributed by atoms with E-state index in [2.05, 4.69) is 10.5 Å². The summed E-state index contributed by atoms with van der Waals surface area (Å²) in [5.41, 5.74) is 5.46. The molecular formula is C15H15N3O4. The minimum Gasteiger partial charge on any atom is -0.400 e. The second kappa shape index (κ2) is 6.66. The van der Waals surface area contributed by atoms with Gasteiger partial charge in [-0.15, -0.1) is 0 Å². The number of amides is 1. The van der Waals surface area contributed by atoms with Gasteiger partial charge in [0.2, 0.25) is 5.91 Å². The van der Waals surface area contributed by atoms with Crippen LogP contribution in [0.1, 0.15) is 22.5 Å². The van der Waals surface area contributed by atoms with Crippen LogP contribution in [0.15, 0.2) is 39.9 Å². The Labute approximate surface area is 126 Å². The lowest BCUT2D eigenvalue weighted by Gasteiger charge is -2.05. The predicted molar refractivity (Wildman–Crippen MR) is 80.7 cm³/mol. The quantitative estimate of drug-likeness (QED) is 0.521. The molecule has 0 spiro atoms. The van der Waals surface area contributed by atoms with Crippen LogP contribution in [-0.4, -0.2) is 17.0 Å². The van der Waals surface area contributed by atoms with Gasteiger partial charge in [-0.3, -0.25) is 14.9 Å². The van der Waals surface area contributed by atoms with Gasteiger partial charge in [0.25, 0.3) is 0 Å². The molecule has 114 valence electrons. The lowest BCUT2D eigenvalue weighted by atomic mass is 10.0. The van der Waals surface area contributed by atoms with Crippen molar-refractivity contribution in [3.63, 3.8) is 0 Å². The molecule has 2 aromatic rings. The SMILES string of the molecule is Cc1ccc(CC(=O)N/N=C/c2ccc([N+](=O)[O-])o2)c(C)c1. The highest BCUT2D eigenvalue weighted by atomic mass is 16.6. The minimum absolute atomic E-state index is 0.193. The number of nitrogens with zero attached hydrogens (tertiary/aromatic N) is 2. The van der Waals surface area contributed by atoms with Crippen LogP contribution in [-0.2, 0) is 11.2 Å². The van der Waals surface area contributed by atoms with E-state index < -0.39 is 4.92 Å². The van der Waals surface area contributed by atoms with E-state index in [0.29, 0.717) is 0 Å². The molecule has 1 amide bonds. The molecule has 0 atom stereocenters. The molecule has 0 fully saturated rings. The van der Waals surface area contributed by atoms with Crippen LogP contribution in [0.4, 0.5) is 5.88 Å². The molecule has 0 aliphatic heterocycles. The summed E-state index contributed by atoms with van der Waals surface area (Å²) in [6.07, 6.45) is 1.43. The van der Waals surface area contributed by atoms with Crippen molar-refractivity contribution in [3.8, 4) is 0 Å². The molecular weight excluding hydrogens is 286 g/mol. The Morgan fingerprint density at radius 2 is 2.14 bits per heavy atom. The first-order valence-electron chi connectivity index (χ1n) is 6.58. The van der Waals surface area contributed by atoms with Gasteiger partial charge in [-0.25, -0.2) is 5.43 Å². The normalized spacial score (nSPS) is 10.8. The van der Waals surface area contributed by atoms with Gasteiger partial charge in [-0.1, -0.05) is 23.8 Å². The van der Waals surface area contributed by atoms with Crippen LogP contribution >= 0.6 is 0 Å². The van der Waals surface area contributed by atoms with Crippen molar-refractivity contribution in [1.29, 1.82) is 0 Å². The van der Waals surface area contributed by atoms with Gasteiger partial charge in [-0.05, 0) is 31.0 Å². The summed E-state index contributed by atoms with van der Waals surface area (Å²) >= 11 is 0. The Bertz CT molecular complexity index is 734. The van der Waals surface area contributed by atoms with Crippen molar-refractivity contribution < 1.29 is 14.1 Å². The van der Waals surface area contributed by atoms with Crippen LogP contribution in [0.2, 0.25) is 0 Å². The summed E-state index contributed by atoms with van der Waals surface area (Å²) in [7, 11) is 0. The Morgan fingerprint density at radius 3 is 2.77 bits per heavy atom. The molecule has 7 heteroatoms. The number of furan rings is 1. The van der Waals surface area contributed by atoms with Crippen LogP contribution in [0.25, 0.3) is 0 Å². The van der Waals surface area contributed by atoms with Crippen molar-refractivity contribution in [3.05, 3.63) is 62.9 Å². The van der Waals surface area contributed by atoms with Gasteiger partial charge in [0.1, 0.15) is 4.92 Å². The van der Waals surface area contributed by atoms with Crippen LogP contribution in [0.5, 0.6) is 0 Å². The fourth-order valence-electron chi connectivity index (χ4n) is 1.93. The number of hydrazone groups is 1. The number of benzene rings is 1. The van der Waals surface area contributed by atoms with Crippen LogP contribution in [0.3, 0.4) is 0 Å². The number of hydrogen-bond donors (Lipinski definition) is 1. The third kappa shape index (κ3) is 4.02. The number of hydrogen-bond acceptors (Lipinski definition) is 5. The van der Waals surface area contributed by atoms with Gasteiger partial charge in [-0.2, -0.15) is 5.10 Å². The molecule has 0 radical (unpaired) electrons. The zero-order valence-electron chi connectivity index (χ0n) is 12.2. The molecule has 1 aromatic carbocycles. The summed E-state index contributed by atoms with van der Waals surface area (Å²) in [4.78, 5) is 21.6. The van der Waals surface area contributed by atoms with E-state index in [0.717, 1.165) is 16.7 Å². The number of nitrogens with one attached hydrogen (secondary N) is 1. The largest absolute Gasteiger partial charge is 0.433 e. The second-order valence-corrected chi connectivity index (χ2v) is 4.83. The van der Waals surface area contributed by atoms with E-state index in [1.54, 1.807) is 0 Å². The number of carbonyl (C=O) groups excluding carboxylic acids is 1. The maximum Gasteiger partial charge on any atom is 0.433 e. The summed E-state index contributed by atoms with van der Waals surface area (Å²) in [6, 6.07) is 8.48. The number of rotatable bonds is 5.